The summed E-state index contributed by atoms with van der Waals surface area (Å²) in [5.74, 6) is -0.676. The van der Waals surface area contributed by atoms with Crippen molar-refractivity contribution in [1.82, 2.24) is 0 Å². The summed E-state index contributed by atoms with van der Waals surface area (Å²) in [6, 6.07) is 2.91. The molecule has 0 fully saturated rings. The highest BCUT2D eigenvalue weighted by atomic mass is 16.5. The summed E-state index contributed by atoms with van der Waals surface area (Å²) < 4.78 is 4.82. The molecule has 0 bridgehead atoms. The second-order valence-corrected chi connectivity index (χ2v) is 2.81. The molecule has 0 aliphatic carbocycles. The van der Waals surface area contributed by atoms with Crippen molar-refractivity contribution >= 4 is 0 Å². The quantitative estimate of drug-likeness (QED) is 0.508. The first-order valence-corrected chi connectivity index (χ1v) is 4.08. The Morgan fingerprint density at radius 3 is 2.50 bits per heavy atom. The van der Waals surface area contributed by atoms with E-state index in [1.807, 2.05) is 0 Å². The number of ether oxygens (including phenoxy) is 1. The first kappa shape index (κ1) is 10.4. The van der Waals surface area contributed by atoms with Gasteiger partial charge in [0.1, 0.15) is 0 Å². The minimum Gasteiger partial charge on any atom is -0.504 e. The lowest BCUT2D eigenvalue weighted by atomic mass is 10.1. The van der Waals surface area contributed by atoms with Gasteiger partial charge in [-0.05, 0) is 19.1 Å². The van der Waals surface area contributed by atoms with Gasteiger partial charge in [-0.3, -0.25) is 0 Å². The van der Waals surface area contributed by atoms with Gasteiger partial charge < -0.3 is 20.1 Å². The van der Waals surface area contributed by atoms with Crippen LogP contribution in [0.25, 0.3) is 0 Å². The normalized spacial score (nSPS) is 12.1. The molecule has 0 heterocycles. The number of hydrogen-bond acceptors (Lipinski definition) is 4. The number of hydrogen-bond donors (Lipinski definition) is 3. The van der Waals surface area contributed by atoms with Gasteiger partial charge in [-0.15, -0.1) is 0 Å². The lowest BCUT2D eigenvalue weighted by Gasteiger charge is -2.11. The maximum Gasteiger partial charge on any atom is 0.201 e. The predicted octanol–water partition coefficient (Wildman–Crippen LogP) is 1.67. The maximum atomic E-state index is 9.45. The van der Waals surface area contributed by atoms with Crippen LogP contribution in [0, 0.1) is 0 Å². The molecule has 1 rings (SSSR count). The molecule has 0 aromatic heterocycles. The fraction of sp³-hybridized carbons (Fsp3) is 0.200. The van der Waals surface area contributed by atoms with Crippen molar-refractivity contribution in [2.45, 2.75) is 13.0 Å². The molecule has 1 aromatic rings. The highest BCUT2D eigenvalue weighted by molar-refractivity contribution is 5.54. The Bertz CT molecular complexity index is 344. The van der Waals surface area contributed by atoms with Crippen LogP contribution < -0.4 is 4.74 Å². The minimum atomic E-state index is -0.848. The van der Waals surface area contributed by atoms with Gasteiger partial charge in [-0.1, -0.05) is 6.58 Å². The van der Waals surface area contributed by atoms with Gasteiger partial charge in [0.2, 0.25) is 5.75 Å². The molecular weight excluding hydrogens is 184 g/mol. The molecule has 1 unspecified atom stereocenters. The molecule has 4 heteroatoms. The van der Waals surface area contributed by atoms with E-state index in [1.165, 1.54) is 19.1 Å². The first-order chi connectivity index (χ1) is 6.57. The summed E-state index contributed by atoms with van der Waals surface area (Å²) in [6.45, 7) is 4.81. The summed E-state index contributed by atoms with van der Waals surface area (Å²) in [7, 11) is 0. The largest absolute Gasteiger partial charge is 0.504 e. The number of rotatable bonds is 3. The van der Waals surface area contributed by atoms with E-state index in [9.17, 15) is 15.3 Å². The number of benzene rings is 1. The lowest BCUT2D eigenvalue weighted by molar-refractivity contribution is 0.193. The molecule has 1 atom stereocenters. The molecule has 0 amide bonds. The summed E-state index contributed by atoms with van der Waals surface area (Å²) in [5, 5.41) is 28.1. The molecule has 0 saturated heterocycles. The van der Waals surface area contributed by atoms with E-state index in [0.29, 0.717) is 0 Å². The number of aliphatic hydroxyl groups excluding tert-OH is 1. The Labute approximate surface area is 81.7 Å². The second-order valence-electron chi connectivity index (χ2n) is 2.81. The second kappa shape index (κ2) is 4.02. The Kier molecular flexibility index (Phi) is 2.99. The monoisotopic (exact) mass is 196 g/mol. The molecule has 0 saturated carbocycles. The van der Waals surface area contributed by atoms with Gasteiger partial charge in [-0.25, -0.2) is 0 Å². The van der Waals surface area contributed by atoms with Gasteiger partial charge in [0, 0.05) is 5.56 Å². The topological polar surface area (TPSA) is 69.9 Å². The van der Waals surface area contributed by atoms with Gasteiger partial charge in [0.25, 0.3) is 0 Å². The van der Waals surface area contributed by atoms with Crippen LogP contribution in [0.15, 0.2) is 25.0 Å². The van der Waals surface area contributed by atoms with E-state index in [0.717, 1.165) is 6.26 Å². The summed E-state index contributed by atoms with van der Waals surface area (Å²) in [4.78, 5) is 0. The van der Waals surface area contributed by atoms with Crippen LogP contribution in [0.3, 0.4) is 0 Å². The molecule has 0 spiro atoms. The average molecular weight is 196 g/mol. The maximum absolute atomic E-state index is 9.45. The van der Waals surface area contributed by atoms with Crippen molar-refractivity contribution in [3.8, 4) is 17.2 Å². The Balaban J connectivity index is 3.18. The summed E-state index contributed by atoms with van der Waals surface area (Å²) in [6.07, 6.45) is 0.287. The van der Waals surface area contributed by atoms with Crippen molar-refractivity contribution in [2.24, 2.45) is 0 Å². The Hall–Kier alpha value is -1.68. The zero-order valence-electron chi connectivity index (χ0n) is 7.77. The van der Waals surface area contributed by atoms with Crippen molar-refractivity contribution in [3.05, 3.63) is 30.5 Å². The van der Waals surface area contributed by atoms with E-state index in [1.54, 1.807) is 0 Å². The highest BCUT2D eigenvalue weighted by Crippen LogP contribution is 2.40. The number of aliphatic hydroxyl groups is 1. The van der Waals surface area contributed by atoms with Crippen molar-refractivity contribution in [2.75, 3.05) is 0 Å². The van der Waals surface area contributed by atoms with Crippen LogP contribution in [0.4, 0.5) is 0 Å². The molecular formula is C10H12O4. The van der Waals surface area contributed by atoms with Crippen molar-refractivity contribution in [3.63, 3.8) is 0 Å². The van der Waals surface area contributed by atoms with Crippen LogP contribution in [-0.2, 0) is 0 Å². The standard InChI is InChI=1S/C10H12O4/c1-3-14-8-5-4-7(6(2)11)9(12)10(8)13/h3-6,11-13H,1H2,2H3. The SMILES string of the molecule is C=COc1ccc(C(C)O)c(O)c1O. The van der Waals surface area contributed by atoms with Crippen LogP contribution in [0.5, 0.6) is 17.2 Å². The molecule has 4 nitrogen and oxygen atoms in total. The fourth-order valence-corrected chi connectivity index (χ4v) is 1.10. The minimum absolute atomic E-state index is 0.0990. The summed E-state index contributed by atoms with van der Waals surface area (Å²) >= 11 is 0. The van der Waals surface area contributed by atoms with Crippen LogP contribution in [0.2, 0.25) is 0 Å². The highest BCUT2D eigenvalue weighted by Gasteiger charge is 2.15. The van der Waals surface area contributed by atoms with E-state index in [-0.39, 0.29) is 17.1 Å². The van der Waals surface area contributed by atoms with Crippen molar-refractivity contribution < 1.29 is 20.1 Å². The van der Waals surface area contributed by atoms with Gasteiger partial charge in [0.05, 0.1) is 12.4 Å². The predicted molar refractivity (Wildman–Crippen MR) is 51.2 cm³/mol. The van der Waals surface area contributed by atoms with Crippen LogP contribution in [0.1, 0.15) is 18.6 Å². The van der Waals surface area contributed by atoms with E-state index < -0.39 is 11.9 Å². The zero-order valence-corrected chi connectivity index (χ0v) is 7.77. The molecule has 0 aliphatic rings. The smallest absolute Gasteiger partial charge is 0.201 e. The van der Waals surface area contributed by atoms with E-state index >= 15 is 0 Å². The number of phenolic OH excluding ortho intramolecular Hbond substituents is 2. The zero-order chi connectivity index (χ0) is 10.7. The fourth-order valence-electron chi connectivity index (χ4n) is 1.10. The van der Waals surface area contributed by atoms with Crippen molar-refractivity contribution in [1.29, 1.82) is 0 Å². The molecule has 1 aromatic carbocycles. The van der Waals surface area contributed by atoms with E-state index in [4.69, 9.17) is 4.74 Å². The van der Waals surface area contributed by atoms with Gasteiger partial charge in [0.15, 0.2) is 11.5 Å². The molecule has 14 heavy (non-hydrogen) atoms. The molecule has 0 aliphatic heterocycles. The third kappa shape index (κ3) is 1.80. The first-order valence-electron chi connectivity index (χ1n) is 4.08. The summed E-state index contributed by atoms with van der Waals surface area (Å²) in [5.41, 5.74) is 0.249. The van der Waals surface area contributed by atoms with Gasteiger partial charge in [-0.2, -0.15) is 0 Å². The third-order valence-electron chi connectivity index (χ3n) is 1.81. The van der Waals surface area contributed by atoms with E-state index in [2.05, 4.69) is 6.58 Å². The molecule has 0 radical (unpaired) electrons. The van der Waals surface area contributed by atoms with Gasteiger partial charge >= 0.3 is 0 Å². The Morgan fingerprint density at radius 1 is 1.36 bits per heavy atom. The number of phenols is 2. The molecule has 3 N–H and O–H groups in total. The third-order valence-corrected chi connectivity index (χ3v) is 1.81. The molecule has 76 valence electrons. The number of aromatic hydroxyl groups is 2. The average Bonchev–Trinajstić information content (AvgIpc) is 2.13. The van der Waals surface area contributed by atoms with Crippen LogP contribution >= 0.6 is 0 Å². The lowest BCUT2D eigenvalue weighted by Crippen LogP contribution is -1.93. The Morgan fingerprint density at radius 2 is 2.00 bits per heavy atom. The van der Waals surface area contributed by atoms with Crippen LogP contribution in [-0.4, -0.2) is 15.3 Å².